The van der Waals surface area contributed by atoms with E-state index < -0.39 is 0 Å². The summed E-state index contributed by atoms with van der Waals surface area (Å²) >= 11 is 0. The third-order valence-electron chi connectivity index (χ3n) is 42.0. The van der Waals surface area contributed by atoms with Gasteiger partial charge >= 0.3 is 0 Å². The number of piperidine rings is 1. The average Bonchev–Trinajstić information content (AvgIpc) is 1.65. The van der Waals surface area contributed by atoms with Crippen LogP contribution < -0.4 is 0 Å². The molecule has 0 aromatic rings. The smallest absolute Gasteiger partial charge is 0.0688 e. The van der Waals surface area contributed by atoms with Crippen molar-refractivity contribution >= 4 is 0 Å². The van der Waals surface area contributed by atoms with E-state index in [9.17, 15) is 0 Å². The Morgan fingerprint density at radius 2 is 0.664 bits per heavy atom. The Labute approximate surface area is 886 Å². The fourth-order valence-electron chi connectivity index (χ4n) is 35.4. The van der Waals surface area contributed by atoms with Crippen molar-refractivity contribution in [3.8, 4) is 0 Å². The van der Waals surface area contributed by atoms with Gasteiger partial charge < -0.3 is 18.6 Å². The van der Waals surface area contributed by atoms with Gasteiger partial charge in [-0.1, -0.05) is 393 Å². The first-order chi connectivity index (χ1) is 62.8. The van der Waals surface area contributed by atoms with Gasteiger partial charge in [0.05, 0.1) is 18.3 Å². The number of hydroxylamine groups is 2. The van der Waals surface area contributed by atoms with Crippen LogP contribution in [-0.2, 0) is 42.3 Å². The summed E-state index contributed by atoms with van der Waals surface area (Å²) < 4.78 is 7.30. The molecule has 27 atom stereocenters. The topological polar surface area (TPSA) is 21.7 Å². The van der Waals surface area contributed by atoms with E-state index in [1.165, 1.54) is 302 Å². The Kier molecular flexibility index (Phi) is 46.4. The molecular weight excluding hydrogens is 1730 g/mol. The third-order valence-corrected chi connectivity index (χ3v) is 42.0. The maximum Gasteiger partial charge on any atom is 0.0688 e. The summed E-state index contributed by atoms with van der Waals surface area (Å²) in [4.78, 5) is 6.80. The molecule has 4 heteroatoms. The largest absolute Gasteiger partial charge is 0.372 e. The number of unbranched alkanes of at least 4 members (excludes halogenated alkanes) is 1. The summed E-state index contributed by atoms with van der Waals surface area (Å²) in [6.07, 6.45) is 74.3. The van der Waals surface area contributed by atoms with Crippen molar-refractivity contribution in [2.24, 2.45) is 208 Å². The van der Waals surface area contributed by atoms with Crippen LogP contribution in [0.4, 0.5) is 0 Å². The molecule has 0 aromatic carbocycles. The van der Waals surface area contributed by atoms with Crippen LogP contribution in [0.15, 0.2) is 11.6 Å². The number of allylic oxidation sites excluding steroid dienone is 2. The van der Waals surface area contributed by atoms with Crippen LogP contribution in [0.25, 0.3) is 0 Å². The summed E-state index contributed by atoms with van der Waals surface area (Å²) in [5.41, 5.74) is 6.09. The van der Waals surface area contributed by atoms with Crippen molar-refractivity contribution in [2.45, 2.75) is 606 Å². The molecule has 1 radical (unpaired) electrons. The molecule has 1 aliphatic heterocycles. The second kappa shape index (κ2) is 51.7. The van der Waals surface area contributed by atoms with Gasteiger partial charge in [-0.15, -0.1) is 0 Å². The van der Waals surface area contributed by atoms with Gasteiger partial charge in [0, 0.05) is 43.8 Å². The van der Waals surface area contributed by atoms with E-state index in [0.29, 0.717) is 72.1 Å². The number of hydrogen-bond donors (Lipinski definition) is 0. The summed E-state index contributed by atoms with van der Waals surface area (Å²) in [6.45, 7) is 103. The molecule has 801 valence electrons. The predicted molar refractivity (Wildman–Crippen MR) is 600 cm³/mol. The molecule has 27 unspecified atom stereocenters. The van der Waals surface area contributed by atoms with Crippen LogP contribution in [0.5, 0.6) is 0 Å². The second-order valence-corrected chi connectivity index (χ2v) is 64.4. The van der Waals surface area contributed by atoms with E-state index in [1.807, 2.05) is 0 Å². The maximum atomic E-state index is 7.30. The van der Waals surface area contributed by atoms with Gasteiger partial charge in [0.15, 0.2) is 0 Å². The fraction of sp³-hybridized carbons (Fsp3) is 0.970. The first-order valence-electron chi connectivity index (χ1n) is 61.2. The Morgan fingerprint density at radius 3 is 1.05 bits per heavy atom. The summed E-state index contributed by atoms with van der Waals surface area (Å²) in [7, 11) is 0. The molecule has 8 bridgehead atoms. The van der Waals surface area contributed by atoms with E-state index in [-0.39, 0.29) is 49.4 Å². The molecule has 137 heavy (non-hydrogen) atoms. The van der Waals surface area contributed by atoms with E-state index in [2.05, 4.69) is 281 Å². The molecular formula is C133H247NO2Y-2. The van der Waals surface area contributed by atoms with Gasteiger partial charge in [0.1, 0.15) is 0 Å². The van der Waals surface area contributed by atoms with Gasteiger partial charge in [-0.05, 0) is 398 Å². The molecule has 9 saturated carbocycles. The normalized spacial score (nSPS) is 33.1. The maximum absolute atomic E-state index is 7.30. The number of hydrogen-bond acceptors (Lipinski definition) is 3. The molecule has 0 amide bonds. The minimum Gasteiger partial charge on any atom is -0.372 e. The van der Waals surface area contributed by atoms with E-state index in [1.54, 1.807) is 18.4 Å². The number of rotatable bonds is 52. The van der Waals surface area contributed by atoms with Crippen LogP contribution in [0.2, 0.25) is 0 Å². The van der Waals surface area contributed by atoms with Crippen molar-refractivity contribution < 1.29 is 42.3 Å². The second-order valence-electron chi connectivity index (χ2n) is 64.4. The predicted octanol–water partition coefficient (Wildman–Crippen LogP) is 42.1. The molecule has 0 N–H and O–H groups in total. The molecule has 1 heterocycles. The van der Waals surface area contributed by atoms with Crippen LogP contribution in [-0.4, -0.2) is 34.5 Å². The number of fused-ring (bicyclic) bond motifs is 8. The van der Waals surface area contributed by atoms with E-state index in [4.69, 9.17) is 9.57 Å². The number of nitrogens with zero attached hydrogens (tertiary/aromatic N) is 1. The Hall–Kier alpha value is 0.724. The molecule has 9 aliphatic carbocycles. The molecule has 0 aromatic heterocycles. The molecule has 0 spiro atoms. The van der Waals surface area contributed by atoms with Crippen molar-refractivity contribution in [1.82, 2.24) is 5.06 Å². The molecule has 10 rings (SSSR count). The van der Waals surface area contributed by atoms with Crippen molar-refractivity contribution in [3.63, 3.8) is 0 Å². The van der Waals surface area contributed by atoms with Crippen LogP contribution in [0.1, 0.15) is 584 Å². The summed E-state index contributed by atoms with van der Waals surface area (Å²) in [6, 6.07) is 0. The minimum atomic E-state index is 0. The van der Waals surface area contributed by atoms with Gasteiger partial charge in [0.2, 0.25) is 0 Å². The van der Waals surface area contributed by atoms with Crippen molar-refractivity contribution in [1.29, 1.82) is 0 Å². The minimum absolute atomic E-state index is 0. The zero-order chi connectivity index (χ0) is 101. The van der Waals surface area contributed by atoms with Gasteiger partial charge in [-0.25, -0.2) is 0 Å². The van der Waals surface area contributed by atoms with Gasteiger partial charge in [-0.3, -0.25) is 4.84 Å². The summed E-state index contributed by atoms with van der Waals surface area (Å²) in [5.74, 6) is 23.0. The Morgan fingerprint density at radius 1 is 0.336 bits per heavy atom. The average molecular weight is 1980 g/mol. The van der Waals surface area contributed by atoms with Crippen LogP contribution in [0.3, 0.4) is 0 Å². The Bertz CT molecular complexity index is 3410. The zero-order valence-electron chi connectivity index (χ0n) is 100. The first-order valence-corrected chi connectivity index (χ1v) is 61.2. The van der Waals surface area contributed by atoms with Crippen molar-refractivity contribution in [2.75, 3.05) is 6.61 Å². The quantitative estimate of drug-likeness (QED) is 0.0344. The van der Waals surface area contributed by atoms with Crippen LogP contribution >= 0.6 is 0 Å². The molecule has 1 saturated heterocycles. The number of ether oxygens (including phenoxy) is 1. The third kappa shape index (κ3) is 36.8. The first kappa shape index (κ1) is 123. The van der Waals surface area contributed by atoms with E-state index in [0.717, 1.165) is 161 Å². The zero-order valence-corrected chi connectivity index (χ0v) is 103. The molecule has 3 nitrogen and oxygen atoms in total. The fourth-order valence-corrected chi connectivity index (χ4v) is 35.4. The van der Waals surface area contributed by atoms with E-state index >= 15 is 0 Å². The van der Waals surface area contributed by atoms with Crippen molar-refractivity contribution in [3.05, 3.63) is 25.5 Å². The SMILES string of the molecule is [CH2-]C1CC(C)(C)N(OCCC2CC3CC2C(C(C)(C)C)C3CCC(C)CCCC(C)(CCCC(C)(C)C)C(C)(CCCC(C)CCCC(C)(C)C)CCC2C3C/C(=C\C)C(C3)C2C(C)(C)C)C(C)(C)C1.[CH2-]C1CCC(OC(C)(CCCC(C)CCCC(C)(C)C)CCC2C3CC(CCCCC4CC5CC4C(C(C)(C)C)C5CCC(C)CCCC(C)CCCC(C)(C)C)C(C3)C2C(C)(C)C)CC1.[Y]. The summed E-state index contributed by atoms with van der Waals surface area (Å²) in [5, 5.41) is 2.38. The van der Waals surface area contributed by atoms with Crippen LogP contribution in [0, 0.1) is 222 Å². The molecule has 10 aliphatic rings. The molecule has 10 fully saturated rings. The Balaban J connectivity index is 0.000000334. The monoisotopic (exact) mass is 1980 g/mol. The van der Waals surface area contributed by atoms with Gasteiger partial charge in [-0.2, -0.15) is 16.9 Å². The van der Waals surface area contributed by atoms with Gasteiger partial charge in [0.25, 0.3) is 0 Å². The standard InChI is InChI=1S/C68H126NO.C65H121O.Y/c1-23-51-42-53-44-57(51)60(64(14,15)16)56(53)33-40-68(22,38-25-29-48(2)28-24-35-61(5,6)7)67(21,39-27-36-62(8,9)10)37-26-30-49(3)31-32-55-54-43-52(58(45-54)59(55)63(11,12)13)34-41-70-69-65(17,18)46-50(4)47-66(69,19)20;1-46(26-21-38-61(5,6)7)24-20-25-48(3)33-36-55-52-42-50(57(44-52)59(55)63(11,12)13)29-18-19-30-51-43-53-45-58(51)60(64(14,15)16)56(53)37-41-65(17,66-54-34-31-49(4)32-35-54)40-23-28-47(2)27-22-39-62(8,9)10;/h23,48-50,52-60H,4,24-47H2,1-3,5-22H3;46-60H,4,18-45H2,1-3,5-17H3;/q2*-1;/b51-23+;;.